The molecule has 1 saturated heterocycles. The van der Waals surface area contributed by atoms with Gasteiger partial charge in [-0.3, -0.25) is 4.90 Å². The van der Waals surface area contributed by atoms with E-state index in [1.54, 1.807) is 0 Å². The second-order valence-corrected chi connectivity index (χ2v) is 4.51. The third kappa shape index (κ3) is 3.25. The first kappa shape index (κ1) is 10.4. The average Bonchev–Trinajstić information content (AvgIpc) is 2.29. The van der Waals surface area contributed by atoms with Crippen molar-refractivity contribution >= 4 is 0 Å². The molecular formula is C12H22NO. The molecule has 2 aliphatic rings. The van der Waals surface area contributed by atoms with Crippen LogP contribution in [0.15, 0.2) is 0 Å². The van der Waals surface area contributed by atoms with E-state index in [4.69, 9.17) is 4.74 Å². The first-order chi connectivity index (χ1) is 6.95. The van der Waals surface area contributed by atoms with Crippen molar-refractivity contribution < 1.29 is 4.74 Å². The number of morpholine rings is 1. The maximum atomic E-state index is 5.34. The molecule has 0 aromatic carbocycles. The third-order valence-electron chi connectivity index (χ3n) is 3.45. The van der Waals surface area contributed by atoms with Gasteiger partial charge in [-0.25, -0.2) is 0 Å². The number of hydrogen-bond donors (Lipinski definition) is 0. The highest BCUT2D eigenvalue weighted by Gasteiger charge is 2.16. The van der Waals surface area contributed by atoms with Gasteiger partial charge in [-0.1, -0.05) is 19.3 Å². The monoisotopic (exact) mass is 196 g/mol. The Hall–Kier alpha value is -0.0800. The standard InChI is InChI=1S/C12H22NO/c1-2-4-12(5-3-1)6-7-13-8-10-14-11-9-13/h1-11H2. The van der Waals surface area contributed by atoms with Crippen molar-refractivity contribution in [1.29, 1.82) is 0 Å². The molecule has 2 rings (SSSR count). The second kappa shape index (κ2) is 5.72. The van der Waals surface area contributed by atoms with E-state index < -0.39 is 0 Å². The van der Waals surface area contributed by atoms with Gasteiger partial charge in [0.15, 0.2) is 0 Å². The highest BCUT2D eigenvalue weighted by molar-refractivity contribution is 4.93. The Morgan fingerprint density at radius 1 is 1.00 bits per heavy atom. The second-order valence-electron chi connectivity index (χ2n) is 4.51. The van der Waals surface area contributed by atoms with Crippen LogP contribution in [0.2, 0.25) is 0 Å². The van der Waals surface area contributed by atoms with Gasteiger partial charge in [-0.15, -0.1) is 0 Å². The SMILES string of the molecule is C1CC[C](CCN2CCOCC2)CC1. The first-order valence-corrected chi connectivity index (χ1v) is 6.09. The van der Waals surface area contributed by atoms with Gasteiger partial charge in [-0.05, 0) is 31.7 Å². The smallest absolute Gasteiger partial charge is 0.0594 e. The minimum Gasteiger partial charge on any atom is -0.379 e. The van der Waals surface area contributed by atoms with Crippen LogP contribution in [-0.4, -0.2) is 37.7 Å². The summed E-state index contributed by atoms with van der Waals surface area (Å²) in [4.78, 5) is 2.55. The van der Waals surface area contributed by atoms with Gasteiger partial charge in [0, 0.05) is 13.1 Å². The van der Waals surface area contributed by atoms with Crippen LogP contribution < -0.4 is 0 Å². The van der Waals surface area contributed by atoms with Crippen LogP contribution in [-0.2, 0) is 4.74 Å². The molecule has 2 heteroatoms. The molecule has 0 atom stereocenters. The van der Waals surface area contributed by atoms with Crippen molar-refractivity contribution in [1.82, 2.24) is 4.90 Å². The zero-order valence-electron chi connectivity index (χ0n) is 9.13. The number of rotatable bonds is 3. The Morgan fingerprint density at radius 2 is 1.71 bits per heavy atom. The first-order valence-electron chi connectivity index (χ1n) is 6.09. The van der Waals surface area contributed by atoms with Crippen LogP contribution in [0.4, 0.5) is 0 Å². The molecule has 2 fully saturated rings. The summed E-state index contributed by atoms with van der Waals surface area (Å²) >= 11 is 0. The summed E-state index contributed by atoms with van der Waals surface area (Å²) in [7, 11) is 0. The molecule has 0 N–H and O–H groups in total. The quantitative estimate of drug-likeness (QED) is 0.686. The predicted molar refractivity (Wildman–Crippen MR) is 58.2 cm³/mol. The highest BCUT2D eigenvalue weighted by Crippen LogP contribution is 2.28. The van der Waals surface area contributed by atoms with Crippen LogP contribution in [0.3, 0.4) is 0 Å². The van der Waals surface area contributed by atoms with Crippen molar-refractivity contribution in [3.63, 3.8) is 0 Å². The zero-order valence-corrected chi connectivity index (χ0v) is 9.13. The largest absolute Gasteiger partial charge is 0.379 e. The predicted octanol–water partition coefficient (Wildman–Crippen LogP) is 2.25. The van der Waals surface area contributed by atoms with Crippen LogP contribution in [0.5, 0.6) is 0 Å². The maximum absolute atomic E-state index is 5.34. The van der Waals surface area contributed by atoms with Crippen molar-refractivity contribution in [2.45, 2.75) is 38.5 Å². The van der Waals surface area contributed by atoms with E-state index in [0.717, 1.165) is 26.3 Å². The van der Waals surface area contributed by atoms with E-state index in [1.807, 2.05) is 5.92 Å². The molecule has 0 aromatic rings. The van der Waals surface area contributed by atoms with Gasteiger partial charge < -0.3 is 4.74 Å². The molecule has 81 valence electrons. The summed E-state index contributed by atoms with van der Waals surface area (Å²) in [6, 6.07) is 0. The average molecular weight is 196 g/mol. The van der Waals surface area contributed by atoms with Gasteiger partial charge >= 0.3 is 0 Å². The molecule has 1 saturated carbocycles. The van der Waals surface area contributed by atoms with Gasteiger partial charge in [-0.2, -0.15) is 0 Å². The summed E-state index contributed by atoms with van der Waals surface area (Å²) in [6.07, 6.45) is 8.51. The Morgan fingerprint density at radius 3 is 2.43 bits per heavy atom. The van der Waals surface area contributed by atoms with E-state index in [2.05, 4.69) is 4.90 Å². The fourth-order valence-corrected chi connectivity index (χ4v) is 2.44. The molecule has 0 spiro atoms. The minimum atomic E-state index is 0.940. The highest BCUT2D eigenvalue weighted by atomic mass is 16.5. The topological polar surface area (TPSA) is 12.5 Å². The Bertz CT molecular complexity index is 130. The summed E-state index contributed by atoms with van der Waals surface area (Å²) in [6.45, 7) is 5.45. The summed E-state index contributed by atoms with van der Waals surface area (Å²) in [5.74, 6) is 1.82. The van der Waals surface area contributed by atoms with Crippen LogP contribution in [0.25, 0.3) is 0 Å². The van der Waals surface area contributed by atoms with Crippen LogP contribution in [0, 0.1) is 5.92 Å². The van der Waals surface area contributed by atoms with Crippen molar-refractivity contribution in [3.05, 3.63) is 5.92 Å². The lowest BCUT2D eigenvalue weighted by Crippen LogP contribution is -2.37. The molecule has 0 bridgehead atoms. The Balaban J connectivity index is 1.60. The lowest BCUT2D eigenvalue weighted by Gasteiger charge is -2.29. The van der Waals surface area contributed by atoms with E-state index in [9.17, 15) is 0 Å². The molecule has 1 aliphatic heterocycles. The zero-order chi connectivity index (χ0) is 9.64. The number of nitrogens with zero attached hydrogens (tertiary/aromatic N) is 1. The summed E-state index contributed by atoms with van der Waals surface area (Å²) < 4.78 is 5.34. The van der Waals surface area contributed by atoms with E-state index in [-0.39, 0.29) is 0 Å². The van der Waals surface area contributed by atoms with Crippen molar-refractivity contribution in [2.75, 3.05) is 32.8 Å². The molecule has 1 heterocycles. The van der Waals surface area contributed by atoms with Crippen molar-refractivity contribution in [2.24, 2.45) is 0 Å². The minimum absolute atomic E-state index is 0.940. The normalized spacial score (nSPS) is 26.6. The molecule has 1 radical (unpaired) electrons. The van der Waals surface area contributed by atoms with Gasteiger partial charge in [0.2, 0.25) is 0 Å². The van der Waals surface area contributed by atoms with E-state index in [1.165, 1.54) is 45.1 Å². The molecular weight excluding hydrogens is 174 g/mol. The lowest BCUT2D eigenvalue weighted by molar-refractivity contribution is 0.0375. The molecule has 14 heavy (non-hydrogen) atoms. The van der Waals surface area contributed by atoms with E-state index >= 15 is 0 Å². The Labute approximate surface area is 87.6 Å². The fraction of sp³-hybridized carbons (Fsp3) is 0.917. The van der Waals surface area contributed by atoms with Crippen molar-refractivity contribution in [3.8, 4) is 0 Å². The molecule has 1 aliphatic carbocycles. The molecule has 0 amide bonds. The fourth-order valence-electron chi connectivity index (χ4n) is 2.44. The van der Waals surface area contributed by atoms with E-state index in [0.29, 0.717) is 0 Å². The molecule has 0 aromatic heterocycles. The summed E-state index contributed by atoms with van der Waals surface area (Å²) in [5.41, 5.74) is 0. The maximum Gasteiger partial charge on any atom is 0.0594 e. The Kier molecular flexibility index (Phi) is 4.26. The third-order valence-corrected chi connectivity index (χ3v) is 3.45. The number of ether oxygens (including phenoxy) is 1. The van der Waals surface area contributed by atoms with Gasteiger partial charge in [0.25, 0.3) is 0 Å². The summed E-state index contributed by atoms with van der Waals surface area (Å²) in [5, 5.41) is 0. The lowest BCUT2D eigenvalue weighted by atomic mass is 9.87. The number of hydrogen-bond acceptors (Lipinski definition) is 2. The van der Waals surface area contributed by atoms with Crippen LogP contribution >= 0.6 is 0 Å². The van der Waals surface area contributed by atoms with Gasteiger partial charge in [0.05, 0.1) is 13.2 Å². The molecule has 2 nitrogen and oxygen atoms in total. The van der Waals surface area contributed by atoms with Crippen LogP contribution in [0.1, 0.15) is 38.5 Å². The van der Waals surface area contributed by atoms with Gasteiger partial charge in [0.1, 0.15) is 0 Å². The molecule has 0 unspecified atom stereocenters.